The Kier molecular flexibility index (Phi) is 4.20. The lowest BCUT2D eigenvalue weighted by atomic mass is 10.2. The van der Waals surface area contributed by atoms with Crippen LogP contribution in [0, 0.1) is 6.92 Å². The van der Waals surface area contributed by atoms with E-state index in [9.17, 15) is 4.79 Å². The Morgan fingerprint density at radius 3 is 2.61 bits per heavy atom. The summed E-state index contributed by atoms with van der Waals surface area (Å²) >= 11 is 3.25. The second-order valence-corrected chi connectivity index (χ2v) is 4.43. The van der Waals surface area contributed by atoms with Crippen molar-refractivity contribution in [3.63, 3.8) is 0 Å². The Balaban J connectivity index is 2.17. The van der Waals surface area contributed by atoms with Gasteiger partial charge in [0.2, 0.25) is 11.2 Å². The van der Waals surface area contributed by atoms with Gasteiger partial charge in [-0.2, -0.15) is 0 Å². The molecular formula is C14H13BrO3. The fourth-order valence-electron chi connectivity index (χ4n) is 1.63. The number of hydrogen-bond donors (Lipinski definition) is 0. The van der Waals surface area contributed by atoms with E-state index < -0.39 is 0 Å². The van der Waals surface area contributed by atoms with E-state index in [0.29, 0.717) is 23.5 Å². The molecule has 0 saturated carbocycles. The average Bonchev–Trinajstić information content (AvgIpc) is 2.38. The third kappa shape index (κ3) is 3.01. The molecule has 1 aromatic carbocycles. The van der Waals surface area contributed by atoms with E-state index in [0.717, 1.165) is 5.56 Å². The first kappa shape index (κ1) is 12.9. The van der Waals surface area contributed by atoms with E-state index in [2.05, 4.69) is 15.9 Å². The predicted molar refractivity (Wildman–Crippen MR) is 73.1 cm³/mol. The van der Waals surface area contributed by atoms with E-state index in [4.69, 9.17) is 9.15 Å². The lowest BCUT2D eigenvalue weighted by Crippen LogP contribution is -2.09. The van der Waals surface area contributed by atoms with Gasteiger partial charge in [-0.3, -0.25) is 4.79 Å². The van der Waals surface area contributed by atoms with Crippen LogP contribution in [0.5, 0.6) is 5.75 Å². The van der Waals surface area contributed by atoms with Crippen LogP contribution in [0.15, 0.2) is 45.6 Å². The molecule has 1 aromatic heterocycles. The van der Waals surface area contributed by atoms with Gasteiger partial charge in [-0.25, -0.2) is 0 Å². The summed E-state index contributed by atoms with van der Waals surface area (Å²) in [6.07, 6.45) is 0. The van der Waals surface area contributed by atoms with Crippen molar-refractivity contribution in [2.24, 2.45) is 0 Å². The summed E-state index contributed by atoms with van der Waals surface area (Å²) in [7, 11) is 0. The topological polar surface area (TPSA) is 39.4 Å². The molecule has 18 heavy (non-hydrogen) atoms. The molecule has 0 fully saturated rings. The van der Waals surface area contributed by atoms with Gasteiger partial charge >= 0.3 is 0 Å². The maximum absolute atomic E-state index is 11.8. The zero-order valence-corrected chi connectivity index (χ0v) is 11.6. The van der Waals surface area contributed by atoms with Gasteiger partial charge in [0.15, 0.2) is 0 Å². The SMILES string of the molecule is Cc1oc(CBr)cc(=O)c1OCc1ccccc1. The third-order valence-corrected chi connectivity index (χ3v) is 3.03. The zero-order valence-electron chi connectivity index (χ0n) is 9.98. The van der Waals surface area contributed by atoms with Crippen molar-refractivity contribution in [1.82, 2.24) is 0 Å². The minimum absolute atomic E-state index is 0.149. The minimum atomic E-state index is -0.149. The van der Waals surface area contributed by atoms with Gasteiger partial charge in [0.25, 0.3) is 0 Å². The van der Waals surface area contributed by atoms with E-state index >= 15 is 0 Å². The Morgan fingerprint density at radius 1 is 1.28 bits per heavy atom. The molecule has 0 atom stereocenters. The molecule has 0 saturated heterocycles. The quantitative estimate of drug-likeness (QED) is 0.812. The number of alkyl halides is 1. The molecule has 3 nitrogen and oxygen atoms in total. The molecule has 0 bridgehead atoms. The van der Waals surface area contributed by atoms with Gasteiger partial charge in [-0.05, 0) is 12.5 Å². The highest BCUT2D eigenvalue weighted by molar-refractivity contribution is 9.08. The number of halogens is 1. The van der Waals surface area contributed by atoms with Crippen molar-refractivity contribution in [3.8, 4) is 5.75 Å². The first-order valence-electron chi connectivity index (χ1n) is 5.57. The first-order valence-corrected chi connectivity index (χ1v) is 6.69. The fourth-order valence-corrected chi connectivity index (χ4v) is 1.90. The van der Waals surface area contributed by atoms with E-state index in [-0.39, 0.29) is 11.2 Å². The molecule has 0 radical (unpaired) electrons. The molecule has 0 aliphatic rings. The van der Waals surface area contributed by atoms with Crippen LogP contribution in [-0.2, 0) is 11.9 Å². The molecule has 4 heteroatoms. The van der Waals surface area contributed by atoms with Crippen molar-refractivity contribution in [2.45, 2.75) is 18.9 Å². The largest absolute Gasteiger partial charge is 0.482 e. The summed E-state index contributed by atoms with van der Waals surface area (Å²) < 4.78 is 11.0. The molecule has 2 aromatic rings. The van der Waals surface area contributed by atoms with Crippen molar-refractivity contribution < 1.29 is 9.15 Å². The Hall–Kier alpha value is -1.55. The van der Waals surface area contributed by atoms with Crippen LogP contribution in [0.4, 0.5) is 0 Å². The zero-order chi connectivity index (χ0) is 13.0. The minimum Gasteiger partial charge on any atom is -0.482 e. The molecule has 0 aliphatic carbocycles. The highest BCUT2D eigenvalue weighted by Crippen LogP contribution is 2.16. The molecule has 0 spiro atoms. The smallest absolute Gasteiger partial charge is 0.227 e. The van der Waals surface area contributed by atoms with Gasteiger partial charge in [0.1, 0.15) is 18.1 Å². The highest BCUT2D eigenvalue weighted by atomic mass is 79.9. The van der Waals surface area contributed by atoms with Crippen LogP contribution in [0.3, 0.4) is 0 Å². The summed E-state index contributed by atoms with van der Waals surface area (Å²) in [6.45, 7) is 2.09. The Morgan fingerprint density at radius 2 is 2.00 bits per heavy atom. The predicted octanol–water partition coefficient (Wildman–Crippen LogP) is 3.42. The maximum atomic E-state index is 11.8. The van der Waals surface area contributed by atoms with Crippen LogP contribution in [-0.4, -0.2) is 0 Å². The molecule has 0 N–H and O–H groups in total. The highest BCUT2D eigenvalue weighted by Gasteiger charge is 2.09. The monoisotopic (exact) mass is 308 g/mol. The standard InChI is InChI=1S/C14H13BrO3/c1-10-14(13(16)7-12(8-15)18-10)17-9-11-5-3-2-4-6-11/h2-7H,8-9H2,1H3. The van der Waals surface area contributed by atoms with Crippen LogP contribution >= 0.6 is 15.9 Å². The molecule has 0 unspecified atom stereocenters. The maximum Gasteiger partial charge on any atom is 0.227 e. The average molecular weight is 309 g/mol. The Bertz CT molecular complexity index is 575. The van der Waals surface area contributed by atoms with E-state index in [1.807, 2.05) is 30.3 Å². The number of rotatable bonds is 4. The van der Waals surface area contributed by atoms with Gasteiger partial charge in [-0.15, -0.1) is 0 Å². The number of ether oxygens (including phenoxy) is 1. The van der Waals surface area contributed by atoms with Crippen molar-refractivity contribution >= 4 is 15.9 Å². The van der Waals surface area contributed by atoms with E-state index in [1.54, 1.807) is 6.92 Å². The van der Waals surface area contributed by atoms with Crippen LogP contribution in [0.2, 0.25) is 0 Å². The second-order valence-electron chi connectivity index (χ2n) is 3.87. The van der Waals surface area contributed by atoms with Crippen LogP contribution < -0.4 is 10.2 Å². The lowest BCUT2D eigenvalue weighted by Gasteiger charge is -2.08. The van der Waals surface area contributed by atoms with Crippen LogP contribution in [0.1, 0.15) is 17.1 Å². The normalized spacial score (nSPS) is 10.3. The van der Waals surface area contributed by atoms with Crippen molar-refractivity contribution in [1.29, 1.82) is 0 Å². The van der Waals surface area contributed by atoms with Gasteiger partial charge in [0.05, 0.1) is 5.33 Å². The van der Waals surface area contributed by atoms with E-state index in [1.165, 1.54) is 6.07 Å². The third-order valence-electron chi connectivity index (χ3n) is 2.48. The molecule has 0 amide bonds. The number of hydrogen-bond acceptors (Lipinski definition) is 3. The van der Waals surface area contributed by atoms with Gasteiger partial charge in [-0.1, -0.05) is 46.3 Å². The molecule has 1 heterocycles. The molecular weight excluding hydrogens is 296 g/mol. The van der Waals surface area contributed by atoms with Gasteiger partial charge in [0, 0.05) is 6.07 Å². The summed E-state index contributed by atoms with van der Waals surface area (Å²) in [5, 5.41) is 0.516. The molecule has 94 valence electrons. The summed E-state index contributed by atoms with van der Waals surface area (Å²) in [5.74, 6) is 1.39. The summed E-state index contributed by atoms with van der Waals surface area (Å²) in [6, 6.07) is 11.1. The van der Waals surface area contributed by atoms with Crippen molar-refractivity contribution in [2.75, 3.05) is 0 Å². The molecule has 0 aliphatic heterocycles. The van der Waals surface area contributed by atoms with Crippen LogP contribution in [0.25, 0.3) is 0 Å². The number of benzene rings is 1. The fraction of sp³-hybridized carbons (Fsp3) is 0.214. The lowest BCUT2D eigenvalue weighted by molar-refractivity contribution is 0.284. The summed E-state index contributed by atoms with van der Waals surface area (Å²) in [4.78, 5) is 11.8. The first-order chi connectivity index (χ1) is 8.70. The number of aryl methyl sites for hydroxylation is 1. The second kappa shape index (κ2) is 5.87. The van der Waals surface area contributed by atoms with Gasteiger partial charge < -0.3 is 9.15 Å². The molecule has 2 rings (SSSR count). The summed E-state index contributed by atoms with van der Waals surface area (Å²) in [5.41, 5.74) is 0.866. The van der Waals surface area contributed by atoms with Crippen molar-refractivity contribution in [3.05, 3.63) is 63.7 Å². The Labute approximate surface area is 114 Å².